The van der Waals surface area contributed by atoms with Crippen LogP contribution in [0.1, 0.15) is 54.2 Å². The summed E-state index contributed by atoms with van der Waals surface area (Å²) < 4.78 is 23.7. The number of H-pyrrole nitrogens is 1. The van der Waals surface area contributed by atoms with Crippen LogP contribution in [0.3, 0.4) is 0 Å². The highest BCUT2D eigenvalue weighted by molar-refractivity contribution is 7.49. The van der Waals surface area contributed by atoms with E-state index >= 15 is 0 Å². The van der Waals surface area contributed by atoms with Gasteiger partial charge in [-0.25, -0.2) is 4.79 Å². The van der Waals surface area contributed by atoms with Gasteiger partial charge in [-0.05, 0) is 48.2 Å². The number of hydrogen-bond acceptors (Lipinski definition) is 5. The summed E-state index contributed by atoms with van der Waals surface area (Å²) in [6, 6.07) is 0.700. The number of aryl methyl sites for hydroxylation is 1. The van der Waals surface area contributed by atoms with Gasteiger partial charge in [0.05, 0.1) is 12.2 Å². The topological polar surface area (TPSA) is 76.6 Å². The lowest BCUT2D eigenvalue weighted by Crippen LogP contribution is -2.34. The SMILES string of the molecule is [2H]C[C@H]1O[C@@H](n2cc(C)c(=O)[nH]c2=O)C[C@@H]1OP(C)N(C(C)C)C(C)C. The first-order valence-electron chi connectivity index (χ1n) is 9.31. The Kier molecular flexibility index (Phi) is 6.10. The van der Waals surface area contributed by atoms with Crippen LogP contribution in [-0.4, -0.2) is 45.2 Å². The van der Waals surface area contributed by atoms with E-state index in [0.29, 0.717) is 24.1 Å². The third kappa shape index (κ3) is 4.59. The maximum Gasteiger partial charge on any atom is 0.330 e. The summed E-state index contributed by atoms with van der Waals surface area (Å²) in [5, 5.41) is 0. The Morgan fingerprint density at radius 2 is 2.04 bits per heavy atom. The van der Waals surface area contributed by atoms with Gasteiger partial charge in [0.2, 0.25) is 0 Å². The number of rotatable bonds is 6. The highest BCUT2D eigenvalue weighted by atomic mass is 31.2. The third-order valence-electron chi connectivity index (χ3n) is 4.31. The van der Waals surface area contributed by atoms with Crippen LogP contribution in [0.25, 0.3) is 0 Å². The van der Waals surface area contributed by atoms with Crippen LogP contribution in [0.15, 0.2) is 15.8 Å². The van der Waals surface area contributed by atoms with Gasteiger partial charge < -0.3 is 9.26 Å². The van der Waals surface area contributed by atoms with Crippen molar-refractivity contribution in [1.82, 2.24) is 14.2 Å². The fourth-order valence-electron chi connectivity index (χ4n) is 3.28. The van der Waals surface area contributed by atoms with Gasteiger partial charge in [0.1, 0.15) is 14.5 Å². The van der Waals surface area contributed by atoms with Gasteiger partial charge in [-0.2, -0.15) is 0 Å². The van der Waals surface area contributed by atoms with Crippen LogP contribution in [0, 0.1) is 6.92 Å². The van der Waals surface area contributed by atoms with E-state index in [4.69, 9.17) is 10.6 Å². The van der Waals surface area contributed by atoms with Gasteiger partial charge in [0.25, 0.3) is 5.56 Å². The van der Waals surface area contributed by atoms with Crippen LogP contribution in [0.2, 0.25) is 0 Å². The molecule has 8 heteroatoms. The number of hydrogen-bond donors (Lipinski definition) is 1. The van der Waals surface area contributed by atoms with Crippen molar-refractivity contribution in [2.24, 2.45) is 0 Å². The molecule has 1 fully saturated rings. The first-order valence-corrected chi connectivity index (χ1v) is 10.3. The van der Waals surface area contributed by atoms with E-state index in [1.54, 1.807) is 6.92 Å². The van der Waals surface area contributed by atoms with Crippen molar-refractivity contribution in [2.75, 3.05) is 6.66 Å². The molecular formula is C17H30N3O4P. The Morgan fingerprint density at radius 3 is 2.60 bits per heavy atom. The average Bonchev–Trinajstić information content (AvgIpc) is 2.92. The molecule has 0 spiro atoms. The molecule has 142 valence electrons. The van der Waals surface area contributed by atoms with Crippen LogP contribution < -0.4 is 11.2 Å². The summed E-state index contributed by atoms with van der Waals surface area (Å²) in [6.45, 7) is 12.3. The zero-order chi connectivity index (χ0) is 19.6. The molecule has 0 aliphatic carbocycles. The molecule has 0 radical (unpaired) electrons. The molecule has 1 aromatic rings. The van der Waals surface area contributed by atoms with E-state index in [-0.39, 0.29) is 13.0 Å². The monoisotopic (exact) mass is 372 g/mol. The molecule has 0 amide bonds. The minimum atomic E-state index is -0.848. The normalized spacial score (nSPS) is 25.8. The maximum atomic E-state index is 12.1. The summed E-state index contributed by atoms with van der Waals surface area (Å²) >= 11 is 0. The molecule has 1 aromatic heterocycles. The van der Waals surface area contributed by atoms with E-state index in [9.17, 15) is 9.59 Å². The van der Waals surface area contributed by atoms with Gasteiger partial charge in [-0.3, -0.25) is 19.0 Å². The highest BCUT2D eigenvalue weighted by Gasteiger charge is 2.37. The molecule has 2 rings (SSSR count). The largest absolute Gasteiger partial charge is 0.352 e. The van der Waals surface area contributed by atoms with E-state index in [1.807, 2.05) is 0 Å². The zero-order valence-corrected chi connectivity index (χ0v) is 16.7. The molecule has 1 aliphatic rings. The molecule has 25 heavy (non-hydrogen) atoms. The summed E-state index contributed by atoms with van der Waals surface area (Å²) in [5.41, 5.74) is -0.445. The number of aromatic nitrogens is 2. The molecule has 7 nitrogen and oxygen atoms in total. The van der Waals surface area contributed by atoms with E-state index < -0.39 is 31.9 Å². The molecule has 0 bridgehead atoms. The molecule has 1 aliphatic heterocycles. The second-order valence-corrected chi connectivity index (χ2v) is 8.62. The van der Waals surface area contributed by atoms with Crippen LogP contribution in [-0.2, 0) is 9.26 Å². The molecule has 1 unspecified atom stereocenters. The van der Waals surface area contributed by atoms with Crippen molar-refractivity contribution >= 4 is 8.30 Å². The minimum Gasteiger partial charge on any atom is -0.352 e. The Morgan fingerprint density at radius 1 is 1.40 bits per heavy atom. The fraction of sp³-hybridized carbons (Fsp3) is 0.765. The molecule has 2 heterocycles. The second-order valence-electron chi connectivity index (χ2n) is 7.02. The fourth-order valence-corrected chi connectivity index (χ4v) is 5.31. The van der Waals surface area contributed by atoms with Crippen molar-refractivity contribution < 1.29 is 10.6 Å². The predicted octanol–water partition coefficient (Wildman–Crippen LogP) is 2.60. The van der Waals surface area contributed by atoms with E-state index in [0.717, 1.165) is 0 Å². The summed E-state index contributed by atoms with van der Waals surface area (Å²) in [6.07, 6.45) is 0.802. The second kappa shape index (κ2) is 8.12. The van der Waals surface area contributed by atoms with Gasteiger partial charge in [-0.15, -0.1) is 0 Å². The Bertz CT molecular complexity index is 713. The number of nitrogens with zero attached hydrogens (tertiary/aromatic N) is 2. The van der Waals surface area contributed by atoms with Crippen LogP contribution >= 0.6 is 8.30 Å². The molecule has 0 saturated carbocycles. The Hall–Kier alpha value is -1.01. The predicted molar refractivity (Wildman–Crippen MR) is 100 cm³/mol. The van der Waals surface area contributed by atoms with Gasteiger partial charge in [0.15, 0.2) is 0 Å². The molecule has 4 atom stereocenters. The van der Waals surface area contributed by atoms with Gasteiger partial charge >= 0.3 is 5.69 Å². The van der Waals surface area contributed by atoms with Crippen LogP contribution in [0.4, 0.5) is 0 Å². The average molecular weight is 372 g/mol. The molecule has 1 N–H and O–H groups in total. The quantitative estimate of drug-likeness (QED) is 0.777. The number of ether oxygens (including phenoxy) is 1. The minimum absolute atomic E-state index is 0.0603. The highest BCUT2D eigenvalue weighted by Crippen LogP contribution is 2.45. The van der Waals surface area contributed by atoms with Crippen molar-refractivity contribution in [3.8, 4) is 0 Å². The molecule has 1 saturated heterocycles. The maximum absolute atomic E-state index is 12.1. The zero-order valence-electron chi connectivity index (χ0n) is 16.9. The van der Waals surface area contributed by atoms with Crippen molar-refractivity contribution in [2.45, 2.75) is 78.5 Å². The van der Waals surface area contributed by atoms with E-state index in [2.05, 4.69) is 44.0 Å². The lowest BCUT2D eigenvalue weighted by Gasteiger charge is -2.36. The summed E-state index contributed by atoms with van der Waals surface area (Å²) in [4.78, 5) is 26.0. The summed E-state index contributed by atoms with van der Waals surface area (Å²) in [7, 11) is -0.848. The van der Waals surface area contributed by atoms with Crippen molar-refractivity contribution in [1.29, 1.82) is 0 Å². The lowest BCUT2D eigenvalue weighted by molar-refractivity contribution is -0.00641. The summed E-state index contributed by atoms with van der Waals surface area (Å²) in [5.74, 6) is 0. The molecule has 0 aromatic carbocycles. The Labute approximate surface area is 151 Å². The van der Waals surface area contributed by atoms with Gasteiger partial charge in [-0.1, -0.05) is 0 Å². The van der Waals surface area contributed by atoms with E-state index in [1.165, 1.54) is 10.8 Å². The van der Waals surface area contributed by atoms with Gasteiger partial charge in [0, 0.05) is 31.6 Å². The smallest absolute Gasteiger partial charge is 0.330 e. The number of aromatic amines is 1. The van der Waals surface area contributed by atoms with Crippen molar-refractivity contribution in [3.63, 3.8) is 0 Å². The standard InChI is InChI=1S/C17H30N3O4P/c1-10(2)20(11(3)4)25(7)24-14-8-15(23-13(14)6)19-9-12(5)16(21)18-17(19)22/h9-11,13-15H,8H2,1-7H3,(H,18,21,22)/t13-,14+,15-,25?/m1/s1/i6D. The Balaban J connectivity index is 2.18. The first kappa shape index (κ1) is 18.8. The molecular weight excluding hydrogens is 341 g/mol. The number of nitrogens with one attached hydrogen (secondary N) is 1. The lowest BCUT2D eigenvalue weighted by atomic mass is 10.2. The van der Waals surface area contributed by atoms with Crippen LogP contribution in [0.5, 0.6) is 0 Å². The third-order valence-corrected chi connectivity index (χ3v) is 6.46. The van der Waals surface area contributed by atoms with Crippen molar-refractivity contribution in [3.05, 3.63) is 32.6 Å². The first-order chi connectivity index (χ1) is 12.1.